The van der Waals surface area contributed by atoms with Crippen molar-refractivity contribution in [3.8, 4) is 11.1 Å². The van der Waals surface area contributed by atoms with Crippen LogP contribution in [0, 0.1) is 5.92 Å². The minimum Gasteiger partial charge on any atom is -0.377 e. The van der Waals surface area contributed by atoms with E-state index in [1.807, 2.05) is 24.5 Å². The lowest BCUT2D eigenvalue weighted by atomic mass is 9.98. The summed E-state index contributed by atoms with van der Waals surface area (Å²) in [5, 5.41) is 0. The Morgan fingerprint density at radius 1 is 1.03 bits per heavy atom. The molecule has 0 saturated heterocycles. The van der Waals surface area contributed by atoms with Crippen LogP contribution in [-0.4, -0.2) is 36.6 Å². The van der Waals surface area contributed by atoms with Gasteiger partial charge in [-0.2, -0.15) is 0 Å². The van der Waals surface area contributed by atoms with Crippen LogP contribution in [0.5, 0.6) is 0 Å². The number of anilines is 1. The van der Waals surface area contributed by atoms with Gasteiger partial charge in [0.25, 0.3) is 0 Å². The topological polar surface area (TPSA) is 19.4 Å². The Balaban J connectivity index is 2.49. The molecule has 3 nitrogen and oxygen atoms in total. The molecule has 2 aromatic rings. The lowest BCUT2D eigenvalue weighted by Crippen LogP contribution is -2.23. The summed E-state index contributed by atoms with van der Waals surface area (Å²) >= 11 is 0. The molecule has 32 heavy (non-hydrogen) atoms. The van der Waals surface area contributed by atoms with Crippen LogP contribution in [-0.2, 0) is 6.42 Å². The summed E-state index contributed by atoms with van der Waals surface area (Å²) in [4.78, 5) is 9.11. The molecule has 0 aliphatic rings. The fraction of sp³-hybridized carbons (Fsp3) is 0.345. The van der Waals surface area contributed by atoms with Crippen LogP contribution in [0.3, 0.4) is 0 Å². The fourth-order valence-corrected chi connectivity index (χ4v) is 3.61. The van der Waals surface area contributed by atoms with Gasteiger partial charge in [0, 0.05) is 62.1 Å². The molecule has 0 unspecified atom stereocenters. The van der Waals surface area contributed by atoms with Crippen LogP contribution in [0.2, 0.25) is 0 Å². The molecule has 0 N–H and O–H groups in total. The van der Waals surface area contributed by atoms with Crippen molar-refractivity contribution in [2.75, 3.05) is 25.5 Å². The Morgan fingerprint density at radius 3 is 2.41 bits per heavy atom. The van der Waals surface area contributed by atoms with Gasteiger partial charge in [-0.15, -0.1) is 6.58 Å². The van der Waals surface area contributed by atoms with Crippen LogP contribution >= 0.6 is 0 Å². The molecule has 0 saturated carbocycles. The summed E-state index contributed by atoms with van der Waals surface area (Å²) < 4.78 is 0. The molecule has 0 atom stereocenters. The molecule has 0 aliphatic heterocycles. The van der Waals surface area contributed by atoms with Crippen molar-refractivity contribution in [1.82, 2.24) is 9.88 Å². The molecule has 0 radical (unpaired) electrons. The molecule has 0 bridgehead atoms. The average molecular weight is 430 g/mol. The highest BCUT2D eigenvalue weighted by Gasteiger charge is 2.11. The molecule has 0 fully saturated rings. The number of nitrogens with zero attached hydrogens (tertiary/aromatic N) is 3. The average Bonchev–Trinajstić information content (AvgIpc) is 2.76. The fourth-order valence-electron chi connectivity index (χ4n) is 3.61. The van der Waals surface area contributed by atoms with Crippen LogP contribution < -0.4 is 4.90 Å². The van der Waals surface area contributed by atoms with E-state index in [1.165, 1.54) is 16.8 Å². The second-order valence-corrected chi connectivity index (χ2v) is 9.01. The second kappa shape index (κ2) is 12.1. The molecular weight excluding hydrogens is 390 g/mol. The van der Waals surface area contributed by atoms with Gasteiger partial charge in [-0.05, 0) is 61.1 Å². The zero-order valence-corrected chi connectivity index (χ0v) is 20.7. The number of pyridine rings is 1. The Morgan fingerprint density at radius 2 is 1.78 bits per heavy atom. The summed E-state index contributed by atoms with van der Waals surface area (Å²) in [6.45, 7) is 17.7. The third kappa shape index (κ3) is 6.98. The molecule has 3 heteroatoms. The first-order valence-corrected chi connectivity index (χ1v) is 11.4. The zero-order chi connectivity index (χ0) is 23.7. The maximum atomic E-state index is 4.57. The highest BCUT2D eigenvalue weighted by Crippen LogP contribution is 2.30. The SMILES string of the molecule is C=C/C=C\C(=C/N(C)C(C)C)c1cncc(-c2ccc(N(C)CC(C)C)c(CC=C)c2)c1. The van der Waals surface area contributed by atoms with Gasteiger partial charge >= 0.3 is 0 Å². The summed E-state index contributed by atoms with van der Waals surface area (Å²) in [7, 11) is 4.26. The Kier molecular flexibility index (Phi) is 9.52. The minimum atomic E-state index is 0.412. The monoisotopic (exact) mass is 429 g/mol. The molecule has 1 aromatic carbocycles. The second-order valence-electron chi connectivity index (χ2n) is 9.01. The van der Waals surface area contributed by atoms with Gasteiger partial charge in [0.1, 0.15) is 0 Å². The van der Waals surface area contributed by atoms with E-state index in [-0.39, 0.29) is 0 Å². The van der Waals surface area contributed by atoms with Gasteiger partial charge in [0.2, 0.25) is 0 Å². The highest BCUT2D eigenvalue weighted by molar-refractivity contribution is 5.78. The Hall–Kier alpha value is -3.07. The van der Waals surface area contributed by atoms with E-state index in [0.717, 1.165) is 29.7 Å². The van der Waals surface area contributed by atoms with Gasteiger partial charge < -0.3 is 9.80 Å². The van der Waals surface area contributed by atoms with E-state index < -0.39 is 0 Å². The number of benzene rings is 1. The summed E-state index contributed by atoms with van der Waals surface area (Å²) in [5.41, 5.74) is 7.01. The molecule has 0 spiro atoms. The highest BCUT2D eigenvalue weighted by atomic mass is 15.1. The molecule has 2 rings (SSSR count). The van der Waals surface area contributed by atoms with Crippen molar-refractivity contribution in [2.45, 2.75) is 40.2 Å². The molecule has 1 aromatic heterocycles. The molecular formula is C29H39N3. The lowest BCUT2D eigenvalue weighted by Gasteiger charge is -2.25. The van der Waals surface area contributed by atoms with Crippen molar-refractivity contribution in [3.05, 3.63) is 91.4 Å². The number of rotatable bonds is 11. The van der Waals surface area contributed by atoms with Gasteiger partial charge in [0.15, 0.2) is 0 Å². The van der Waals surface area contributed by atoms with Crippen LogP contribution in [0.25, 0.3) is 16.7 Å². The van der Waals surface area contributed by atoms with Crippen LogP contribution in [0.1, 0.15) is 38.8 Å². The number of aromatic nitrogens is 1. The van der Waals surface area contributed by atoms with Crippen molar-refractivity contribution in [2.24, 2.45) is 5.92 Å². The molecule has 170 valence electrons. The molecule has 1 heterocycles. The Bertz CT molecular complexity index is 966. The molecule has 0 amide bonds. The predicted octanol–water partition coefficient (Wildman–Crippen LogP) is 6.99. The van der Waals surface area contributed by atoms with E-state index in [4.69, 9.17) is 0 Å². The predicted molar refractivity (Wildman–Crippen MR) is 142 cm³/mol. The van der Waals surface area contributed by atoms with Gasteiger partial charge in [0.05, 0.1) is 0 Å². The smallest absolute Gasteiger partial charge is 0.0399 e. The van der Waals surface area contributed by atoms with Crippen LogP contribution in [0.4, 0.5) is 5.69 Å². The van der Waals surface area contributed by atoms with Crippen molar-refractivity contribution < 1.29 is 0 Å². The van der Waals surface area contributed by atoms with Crippen LogP contribution in [0.15, 0.2) is 80.3 Å². The normalized spacial score (nSPS) is 11.9. The van der Waals surface area contributed by atoms with E-state index in [1.54, 1.807) is 6.08 Å². The zero-order valence-electron chi connectivity index (χ0n) is 20.7. The number of hydrogen-bond donors (Lipinski definition) is 0. The maximum absolute atomic E-state index is 4.57. The summed E-state index contributed by atoms with van der Waals surface area (Å²) in [5.74, 6) is 0.606. The molecule has 0 aliphatic carbocycles. The summed E-state index contributed by atoms with van der Waals surface area (Å²) in [6.07, 6.45) is 14.7. The third-order valence-electron chi connectivity index (χ3n) is 5.47. The minimum absolute atomic E-state index is 0.412. The number of allylic oxidation sites excluding steroid dienone is 5. The van der Waals surface area contributed by atoms with Crippen molar-refractivity contribution >= 4 is 11.3 Å². The van der Waals surface area contributed by atoms with E-state index >= 15 is 0 Å². The van der Waals surface area contributed by atoms with Crippen molar-refractivity contribution in [3.63, 3.8) is 0 Å². The summed E-state index contributed by atoms with van der Waals surface area (Å²) in [6, 6.07) is 9.32. The first kappa shape index (κ1) is 25.2. The maximum Gasteiger partial charge on any atom is 0.0399 e. The van der Waals surface area contributed by atoms with E-state index in [2.05, 4.69) is 106 Å². The van der Waals surface area contributed by atoms with Crippen molar-refractivity contribution in [1.29, 1.82) is 0 Å². The quantitative estimate of drug-likeness (QED) is 0.283. The van der Waals surface area contributed by atoms with Gasteiger partial charge in [-0.3, -0.25) is 4.98 Å². The Labute approximate surface area is 195 Å². The number of hydrogen-bond acceptors (Lipinski definition) is 3. The first-order valence-electron chi connectivity index (χ1n) is 11.4. The first-order chi connectivity index (χ1) is 15.3. The van der Waals surface area contributed by atoms with E-state index in [0.29, 0.717) is 12.0 Å². The third-order valence-corrected chi connectivity index (χ3v) is 5.47. The van der Waals surface area contributed by atoms with E-state index in [9.17, 15) is 0 Å². The van der Waals surface area contributed by atoms with Gasteiger partial charge in [-0.1, -0.05) is 50.8 Å². The standard InChI is InChI=1S/C29H39N3/c1-9-11-13-26(21-31(7)23(5)6)28-17-27(18-30-19-28)24-14-15-29(25(16-24)12-10-2)32(8)20-22(3)4/h9-11,13-19,21-23H,1-2,12,20H2,3-8H3/b13-11-,26-21+. The van der Waals surface area contributed by atoms with Gasteiger partial charge in [-0.25, -0.2) is 0 Å². The largest absolute Gasteiger partial charge is 0.377 e. The lowest BCUT2D eigenvalue weighted by molar-refractivity contribution is 0.377.